The number of ketones is 1. The molecule has 0 bridgehead atoms. The maximum Gasteiger partial charge on any atom is 0.143 e. The summed E-state index contributed by atoms with van der Waals surface area (Å²) in [5.41, 5.74) is 0. The Morgan fingerprint density at radius 3 is 2.62 bits per heavy atom. The van der Waals surface area contributed by atoms with Crippen molar-refractivity contribution in [3.8, 4) is 0 Å². The lowest BCUT2D eigenvalue weighted by Crippen LogP contribution is -2.32. The van der Waals surface area contributed by atoms with Crippen molar-refractivity contribution in [2.45, 2.75) is 19.8 Å². The highest BCUT2D eigenvalue weighted by atomic mass is 16.5. The van der Waals surface area contributed by atoms with Crippen molar-refractivity contribution in [3.05, 3.63) is 0 Å². The van der Waals surface area contributed by atoms with Gasteiger partial charge >= 0.3 is 0 Å². The molecule has 0 amide bonds. The van der Waals surface area contributed by atoms with Gasteiger partial charge in [-0.1, -0.05) is 0 Å². The summed E-state index contributed by atoms with van der Waals surface area (Å²) in [7, 11) is 2.01. The Balaban J connectivity index is 2.18. The Labute approximate surface area is 80.1 Å². The molecule has 0 spiro atoms. The summed E-state index contributed by atoms with van der Waals surface area (Å²) < 4.78 is 5.28. The number of nitrogens with zero attached hydrogens (tertiary/aromatic N) is 1. The molecule has 0 unspecified atom stereocenters. The Morgan fingerprint density at radius 1 is 1.46 bits per heavy atom. The van der Waals surface area contributed by atoms with Gasteiger partial charge in [0, 0.05) is 19.8 Å². The zero-order valence-electron chi connectivity index (χ0n) is 8.58. The van der Waals surface area contributed by atoms with Gasteiger partial charge in [-0.15, -0.1) is 0 Å². The maximum absolute atomic E-state index is 10.8. The molecule has 0 N–H and O–H groups in total. The molecule has 0 aromatic rings. The lowest BCUT2D eigenvalue weighted by atomic mass is 10.00. The van der Waals surface area contributed by atoms with Gasteiger partial charge in [-0.3, -0.25) is 9.69 Å². The molecular formula is C10H19NO2. The molecule has 0 aromatic heterocycles. The van der Waals surface area contributed by atoms with Crippen LogP contribution in [-0.4, -0.2) is 44.0 Å². The first-order valence-corrected chi connectivity index (χ1v) is 4.94. The number of likely N-dealkylation sites (N-methyl/N-ethyl adjacent to an activating group) is 1. The molecule has 1 aliphatic heterocycles. The predicted octanol–water partition coefficient (Wildman–Crippen LogP) is 0.934. The van der Waals surface area contributed by atoms with Crippen molar-refractivity contribution in [2.24, 2.45) is 5.92 Å². The van der Waals surface area contributed by atoms with E-state index in [9.17, 15) is 4.79 Å². The molecule has 3 heteroatoms. The second kappa shape index (κ2) is 5.35. The van der Waals surface area contributed by atoms with Crippen LogP contribution in [0.4, 0.5) is 0 Å². The fourth-order valence-corrected chi connectivity index (χ4v) is 1.81. The van der Waals surface area contributed by atoms with Crippen LogP contribution in [0.5, 0.6) is 0 Å². The SMILES string of the molecule is CC(=O)CN(C)CC1CCOCC1. The molecule has 1 heterocycles. The van der Waals surface area contributed by atoms with Crippen molar-refractivity contribution in [3.63, 3.8) is 0 Å². The van der Waals surface area contributed by atoms with Gasteiger partial charge in [0.2, 0.25) is 0 Å². The van der Waals surface area contributed by atoms with Crippen LogP contribution >= 0.6 is 0 Å². The zero-order chi connectivity index (χ0) is 9.68. The van der Waals surface area contributed by atoms with Crippen LogP contribution in [0, 0.1) is 5.92 Å². The number of carbonyl (C=O) groups is 1. The average Bonchev–Trinajstić information content (AvgIpc) is 2.04. The summed E-state index contributed by atoms with van der Waals surface area (Å²) >= 11 is 0. The van der Waals surface area contributed by atoms with Crippen LogP contribution in [0.1, 0.15) is 19.8 Å². The summed E-state index contributed by atoms with van der Waals surface area (Å²) in [6.07, 6.45) is 2.28. The van der Waals surface area contributed by atoms with Gasteiger partial charge in [0.15, 0.2) is 0 Å². The second-order valence-electron chi connectivity index (χ2n) is 3.95. The van der Waals surface area contributed by atoms with Crippen LogP contribution in [0.15, 0.2) is 0 Å². The second-order valence-corrected chi connectivity index (χ2v) is 3.95. The summed E-state index contributed by atoms with van der Waals surface area (Å²) in [5.74, 6) is 0.965. The Kier molecular flexibility index (Phi) is 4.39. The molecule has 1 fully saturated rings. The Bertz CT molecular complexity index is 164. The van der Waals surface area contributed by atoms with E-state index in [1.54, 1.807) is 6.92 Å². The zero-order valence-corrected chi connectivity index (χ0v) is 8.58. The van der Waals surface area contributed by atoms with Gasteiger partial charge in [0.05, 0.1) is 6.54 Å². The minimum atomic E-state index is 0.245. The van der Waals surface area contributed by atoms with Crippen LogP contribution in [0.2, 0.25) is 0 Å². The molecule has 1 saturated heterocycles. The third-order valence-electron chi connectivity index (χ3n) is 2.40. The van der Waals surface area contributed by atoms with Crippen LogP contribution < -0.4 is 0 Å². The van der Waals surface area contributed by atoms with Gasteiger partial charge in [-0.25, -0.2) is 0 Å². The number of Topliss-reactive ketones (excluding diaryl/α,β-unsaturated/α-hetero) is 1. The van der Waals surface area contributed by atoms with Crippen LogP contribution in [-0.2, 0) is 9.53 Å². The van der Waals surface area contributed by atoms with Gasteiger partial charge in [0.1, 0.15) is 5.78 Å². The maximum atomic E-state index is 10.8. The van der Waals surface area contributed by atoms with E-state index < -0.39 is 0 Å². The average molecular weight is 185 g/mol. The third-order valence-corrected chi connectivity index (χ3v) is 2.40. The quantitative estimate of drug-likeness (QED) is 0.652. The fourth-order valence-electron chi connectivity index (χ4n) is 1.81. The molecule has 0 aromatic carbocycles. The highest BCUT2D eigenvalue weighted by molar-refractivity contribution is 5.77. The number of hydrogen-bond acceptors (Lipinski definition) is 3. The Hall–Kier alpha value is -0.410. The molecule has 76 valence electrons. The molecule has 0 radical (unpaired) electrons. The van der Waals surface area contributed by atoms with E-state index >= 15 is 0 Å². The fraction of sp³-hybridized carbons (Fsp3) is 0.900. The lowest BCUT2D eigenvalue weighted by Gasteiger charge is -2.26. The number of hydrogen-bond donors (Lipinski definition) is 0. The minimum Gasteiger partial charge on any atom is -0.381 e. The van der Waals surface area contributed by atoms with Gasteiger partial charge < -0.3 is 4.74 Å². The standard InChI is InChI=1S/C10H19NO2/c1-9(12)7-11(2)8-10-3-5-13-6-4-10/h10H,3-8H2,1-2H3. The van der Waals surface area contributed by atoms with Crippen molar-refractivity contribution in [2.75, 3.05) is 33.4 Å². The summed E-state index contributed by atoms with van der Waals surface area (Å²) in [5, 5.41) is 0. The summed E-state index contributed by atoms with van der Waals surface area (Å²) in [6, 6.07) is 0. The van der Waals surface area contributed by atoms with E-state index in [1.165, 1.54) is 0 Å². The van der Waals surface area contributed by atoms with Crippen LogP contribution in [0.25, 0.3) is 0 Å². The monoisotopic (exact) mass is 185 g/mol. The van der Waals surface area contributed by atoms with Crippen molar-refractivity contribution >= 4 is 5.78 Å². The molecule has 1 aliphatic rings. The summed E-state index contributed by atoms with van der Waals surface area (Å²) in [4.78, 5) is 12.9. The van der Waals surface area contributed by atoms with Gasteiger partial charge in [-0.05, 0) is 32.7 Å². The van der Waals surface area contributed by atoms with E-state index in [1.807, 2.05) is 7.05 Å². The Morgan fingerprint density at radius 2 is 2.08 bits per heavy atom. The van der Waals surface area contributed by atoms with E-state index in [0.29, 0.717) is 6.54 Å². The molecule has 0 aliphatic carbocycles. The number of rotatable bonds is 4. The van der Waals surface area contributed by atoms with E-state index in [-0.39, 0.29) is 5.78 Å². The largest absolute Gasteiger partial charge is 0.381 e. The van der Waals surface area contributed by atoms with Gasteiger partial charge in [-0.2, -0.15) is 0 Å². The molecular weight excluding hydrogens is 166 g/mol. The van der Waals surface area contributed by atoms with E-state index in [2.05, 4.69) is 4.90 Å². The lowest BCUT2D eigenvalue weighted by molar-refractivity contribution is -0.118. The first-order chi connectivity index (χ1) is 6.18. The smallest absolute Gasteiger partial charge is 0.143 e. The van der Waals surface area contributed by atoms with Crippen molar-refractivity contribution < 1.29 is 9.53 Å². The molecule has 0 atom stereocenters. The van der Waals surface area contributed by atoms with Crippen molar-refractivity contribution in [1.29, 1.82) is 0 Å². The topological polar surface area (TPSA) is 29.5 Å². The normalized spacial score (nSPS) is 19.3. The minimum absolute atomic E-state index is 0.245. The number of ether oxygens (including phenoxy) is 1. The third kappa shape index (κ3) is 4.39. The number of carbonyl (C=O) groups excluding carboxylic acids is 1. The molecule has 1 rings (SSSR count). The van der Waals surface area contributed by atoms with E-state index in [4.69, 9.17) is 4.74 Å². The highest BCUT2D eigenvalue weighted by Gasteiger charge is 2.15. The molecule has 0 saturated carbocycles. The van der Waals surface area contributed by atoms with Gasteiger partial charge in [0.25, 0.3) is 0 Å². The molecule has 13 heavy (non-hydrogen) atoms. The van der Waals surface area contributed by atoms with Crippen LogP contribution in [0.3, 0.4) is 0 Å². The van der Waals surface area contributed by atoms with E-state index in [0.717, 1.165) is 38.5 Å². The first kappa shape index (κ1) is 10.7. The highest BCUT2D eigenvalue weighted by Crippen LogP contribution is 2.15. The summed E-state index contributed by atoms with van der Waals surface area (Å²) in [6.45, 7) is 5.03. The van der Waals surface area contributed by atoms with Crippen molar-refractivity contribution in [1.82, 2.24) is 4.90 Å². The predicted molar refractivity (Wildman–Crippen MR) is 51.7 cm³/mol. The first-order valence-electron chi connectivity index (χ1n) is 4.94. The molecule has 3 nitrogen and oxygen atoms in total.